The summed E-state index contributed by atoms with van der Waals surface area (Å²) in [5, 5.41) is 10.4. The van der Waals surface area contributed by atoms with Crippen LogP contribution in [-0.4, -0.2) is 57.1 Å². The number of benzene rings is 1. The highest BCUT2D eigenvalue weighted by Crippen LogP contribution is 2.16. The highest BCUT2D eigenvalue weighted by molar-refractivity contribution is 14.0. The molecule has 0 amide bonds. The number of guanidine groups is 1. The number of nitrogens with one attached hydrogen (secondary N) is 3. The highest BCUT2D eigenvalue weighted by atomic mass is 127. The van der Waals surface area contributed by atoms with Crippen LogP contribution < -0.4 is 16.0 Å². The van der Waals surface area contributed by atoms with Crippen molar-refractivity contribution >= 4 is 29.9 Å². The Labute approximate surface area is 193 Å². The van der Waals surface area contributed by atoms with Gasteiger partial charge in [-0.1, -0.05) is 30.3 Å². The van der Waals surface area contributed by atoms with Gasteiger partial charge in [0.2, 0.25) is 0 Å². The molecule has 0 aromatic heterocycles. The summed E-state index contributed by atoms with van der Waals surface area (Å²) in [6.45, 7) is 13.4. The smallest absolute Gasteiger partial charge is 0.191 e. The molecule has 1 heterocycles. The van der Waals surface area contributed by atoms with Crippen LogP contribution in [0.4, 0.5) is 0 Å². The molecule has 2 unspecified atom stereocenters. The lowest BCUT2D eigenvalue weighted by Gasteiger charge is -2.29. The number of nitrogens with zero attached hydrogens (tertiary/aromatic N) is 1. The molecular weight excluding hydrogens is 479 g/mol. The van der Waals surface area contributed by atoms with E-state index in [2.05, 4.69) is 67.9 Å². The van der Waals surface area contributed by atoms with Gasteiger partial charge in [0, 0.05) is 37.9 Å². The van der Waals surface area contributed by atoms with Crippen molar-refractivity contribution in [3.8, 4) is 0 Å². The Hall–Kier alpha value is -0.900. The quantitative estimate of drug-likeness (QED) is 0.181. The van der Waals surface area contributed by atoms with Crippen LogP contribution in [0.1, 0.15) is 52.1 Å². The minimum atomic E-state index is -0.108. The van der Waals surface area contributed by atoms with Gasteiger partial charge in [0.1, 0.15) is 0 Å². The number of halogens is 1. The lowest BCUT2D eigenvalue weighted by molar-refractivity contribution is 0.0420. The van der Waals surface area contributed by atoms with E-state index in [9.17, 15) is 0 Å². The lowest BCUT2D eigenvalue weighted by Crippen LogP contribution is -2.45. The zero-order valence-electron chi connectivity index (χ0n) is 18.4. The number of aliphatic imine (C=N–C) groups is 1. The van der Waals surface area contributed by atoms with Gasteiger partial charge in [-0.25, -0.2) is 0 Å². The molecule has 2 rings (SSSR count). The maximum absolute atomic E-state index is 5.81. The zero-order chi connectivity index (χ0) is 20.2. The third kappa shape index (κ3) is 10.6. The van der Waals surface area contributed by atoms with Gasteiger partial charge in [-0.3, -0.25) is 4.99 Å². The molecule has 7 heteroatoms. The molecule has 1 aliphatic rings. The van der Waals surface area contributed by atoms with E-state index in [1.54, 1.807) is 0 Å². The predicted molar refractivity (Wildman–Crippen MR) is 131 cm³/mol. The SMILES string of the molecule is CCNC(=NCC(C)(C)NC(C)c1ccccc1)NCCCOC1CCOC1.I. The van der Waals surface area contributed by atoms with Gasteiger partial charge < -0.3 is 25.4 Å². The van der Waals surface area contributed by atoms with Gasteiger partial charge in [0.25, 0.3) is 0 Å². The second kappa shape index (κ2) is 14.2. The average molecular weight is 518 g/mol. The molecule has 0 radical (unpaired) electrons. The molecule has 0 saturated carbocycles. The van der Waals surface area contributed by atoms with Crippen molar-refractivity contribution in [1.82, 2.24) is 16.0 Å². The molecule has 1 aromatic carbocycles. The maximum atomic E-state index is 5.81. The molecule has 29 heavy (non-hydrogen) atoms. The summed E-state index contributed by atoms with van der Waals surface area (Å²) in [7, 11) is 0. The Morgan fingerprint density at radius 3 is 2.69 bits per heavy atom. The molecule has 1 saturated heterocycles. The number of rotatable bonds is 11. The molecule has 1 aliphatic heterocycles. The Morgan fingerprint density at radius 2 is 2.03 bits per heavy atom. The number of hydrogen-bond acceptors (Lipinski definition) is 4. The average Bonchev–Trinajstić information content (AvgIpc) is 3.19. The third-order valence-corrected chi connectivity index (χ3v) is 4.74. The summed E-state index contributed by atoms with van der Waals surface area (Å²) in [6.07, 6.45) is 2.25. The van der Waals surface area contributed by atoms with Crippen LogP contribution >= 0.6 is 24.0 Å². The van der Waals surface area contributed by atoms with Crippen molar-refractivity contribution in [1.29, 1.82) is 0 Å². The first-order valence-corrected chi connectivity index (χ1v) is 10.5. The van der Waals surface area contributed by atoms with Crippen LogP contribution in [0.25, 0.3) is 0 Å². The van der Waals surface area contributed by atoms with Crippen LogP contribution in [0.2, 0.25) is 0 Å². The molecule has 0 aliphatic carbocycles. The minimum absolute atomic E-state index is 0. The van der Waals surface area contributed by atoms with Gasteiger partial charge in [-0.15, -0.1) is 24.0 Å². The first kappa shape index (κ1) is 26.1. The zero-order valence-corrected chi connectivity index (χ0v) is 20.7. The normalized spacial score (nSPS) is 18.2. The van der Waals surface area contributed by atoms with Gasteiger partial charge in [0.05, 0.1) is 19.3 Å². The number of ether oxygens (including phenoxy) is 2. The highest BCUT2D eigenvalue weighted by Gasteiger charge is 2.20. The fourth-order valence-corrected chi connectivity index (χ4v) is 3.25. The van der Waals surface area contributed by atoms with Crippen molar-refractivity contribution in [2.24, 2.45) is 4.99 Å². The van der Waals surface area contributed by atoms with Gasteiger partial charge in [0.15, 0.2) is 5.96 Å². The van der Waals surface area contributed by atoms with Crippen molar-refractivity contribution in [3.63, 3.8) is 0 Å². The van der Waals surface area contributed by atoms with Gasteiger partial charge in [-0.05, 0) is 46.1 Å². The fraction of sp³-hybridized carbons (Fsp3) is 0.682. The van der Waals surface area contributed by atoms with E-state index in [4.69, 9.17) is 14.5 Å². The van der Waals surface area contributed by atoms with E-state index in [1.807, 2.05) is 6.07 Å². The van der Waals surface area contributed by atoms with Gasteiger partial charge in [-0.2, -0.15) is 0 Å². The van der Waals surface area contributed by atoms with Crippen LogP contribution in [0, 0.1) is 0 Å². The molecule has 1 fully saturated rings. The number of hydrogen-bond donors (Lipinski definition) is 3. The second-order valence-corrected chi connectivity index (χ2v) is 7.99. The molecule has 166 valence electrons. The van der Waals surface area contributed by atoms with Crippen molar-refractivity contribution < 1.29 is 9.47 Å². The minimum Gasteiger partial charge on any atom is -0.379 e. The Bertz CT molecular complexity index is 577. The predicted octanol–water partition coefficient (Wildman–Crippen LogP) is 3.48. The Balaban J connectivity index is 0.00000420. The summed E-state index contributed by atoms with van der Waals surface area (Å²) < 4.78 is 11.1. The molecule has 3 N–H and O–H groups in total. The van der Waals surface area contributed by atoms with Crippen molar-refractivity contribution in [2.75, 3.05) is 39.5 Å². The Morgan fingerprint density at radius 1 is 1.28 bits per heavy atom. The molecular formula is C22H39IN4O2. The molecule has 0 spiro atoms. The van der Waals surface area contributed by atoms with E-state index < -0.39 is 0 Å². The van der Waals surface area contributed by atoms with E-state index in [1.165, 1.54) is 5.56 Å². The summed E-state index contributed by atoms with van der Waals surface area (Å²) in [6, 6.07) is 10.8. The van der Waals surface area contributed by atoms with E-state index in [-0.39, 0.29) is 41.7 Å². The van der Waals surface area contributed by atoms with Crippen LogP contribution in [0.3, 0.4) is 0 Å². The molecule has 2 atom stereocenters. The first-order chi connectivity index (χ1) is 13.5. The van der Waals surface area contributed by atoms with Crippen molar-refractivity contribution in [3.05, 3.63) is 35.9 Å². The summed E-state index contributed by atoms with van der Waals surface area (Å²) in [5.41, 5.74) is 1.18. The van der Waals surface area contributed by atoms with Gasteiger partial charge >= 0.3 is 0 Å². The van der Waals surface area contributed by atoms with Crippen molar-refractivity contribution in [2.45, 2.75) is 58.2 Å². The Kier molecular flexibility index (Phi) is 12.8. The maximum Gasteiger partial charge on any atom is 0.191 e. The van der Waals surface area contributed by atoms with E-state index in [0.29, 0.717) is 6.54 Å². The van der Waals surface area contributed by atoms with Crippen LogP contribution in [0.5, 0.6) is 0 Å². The topological polar surface area (TPSA) is 66.9 Å². The lowest BCUT2D eigenvalue weighted by atomic mass is 10.0. The summed E-state index contributed by atoms with van der Waals surface area (Å²) in [4.78, 5) is 4.78. The standard InChI is InChI=1S/C22H38N4O2.HI/c1-5-23-21(24-13-9-14-28-20-12-15-27-16-20)25-17-22(3,4)26-18(2)19-10-7-6-8-11-19;/h6-8,10-11,18,20,26H,5,9,12-17H2,1-4H3,(H2,23,24,25);1H. The largest absolute Gasteiger partial charge is 0.379 e. The summed E-state index contributed by atoms with van der Waals surface area (Å²) in [5.74, 6) is 0.855. The fourth-order valence-electron chi connectivity index (χ4n) is 3.25. The van der Waals surface area contributed by atoms with Crippen LogP contribution in [0.15, 0.2) is 35.3 Å². The second-order valence-electron chi connectivity index (χ2n) is 7.99. The molecule has 6 nitrogen and oxygen atoms in total. The van der Waals surface area contributed by atoms with E-state index in [0.717, 1.165) is 51.7 Å². The first-order valence-electron chi connectivity index (χ1n) is 10.5. The monoisotopic (exact) mass is 518 g/mol. The summed E-state index contributed by atoms with van der Waals surface area (Å²) >= 11 is 0. The molecule has 0 bridgehead atoms. The van der Waals surface area contributed by atoms with E-state index >= 15 is 0 Å². The molecule has 1 aromatic rings. The third-order valence-electron chi connectivity index (χ3n) is 4.74. The van der Waals surface area contributed by atoms with Crippen LogP contribution in [-0.2, 0) is 9.47 Å².